The molecule has 0 aliphatic carbocycles. The molecule has 4 nitrogen and oxygen atoms in total. The molecule has 0 aromatic heterocycles. The maximum absolute atomic E-state index is 11.8. The van der Waals surface area contributed by atoms with Gasteiger partial charge in [-0.1, -0.05) is 0 Å². The van der Waals surface area contributed by atoms with Crippen molar-refractivity contribution in [3.05, 3.63) is 0 Å². The van der Waals surface area contributed by atoms with Gasteiger partial charge < -0.3 is 15.0 Å². The monoisotopic (exact) mass is 268 g/mol. The van der Waals surface area contributed by atoms with Crippen LogP contribution in [0, 0.1) is 0 Å². The van der Waals surface area contributed by atoms with E-state index < -0.39 is 12.8 Å². The van der Waals surface area contributed by atoms with Crippen LogP contribution in [0.4, 0.5) is 13.2 Å². The van der Waals surface area contributed by atoms with Gasteiger partial charge in [-0.25, -0.2) is 0 Å². The van der Waals surface area contributed by atoms with E-state index in [0.717, 1.165) is 0 Å². The van der Waals surface area contributed by atoms with Crippen LogP contribution in [0.2, 0.25) is 0 Å². The summed E-state index contributed by atoms with van der Waals surface area (Å²) in [5, 5.41) is 3.28. The van der Waals surface area contributed by atoms with Gasteiger partial charge in [-0.3, -0.25) is 4.79 Å². The van der Waals surface area contributed by atoms with Gasteiger partial charge in [0, 0.05) is 25.2 Å². The zero-order chi connectivity index (χ0) is 13.8. The minimum atomic E-state index is -4.33. The van der Waals surface area contributed by atoms with Gasteiger partial charge in [0.25, 0.3) is 0 Å². The number of alkyl halides is 3. The van der Waals surface area contributed by atoms with Crippen molar-refractivity contribution in [2.24, 2.45) is 0 Å². The van der Waals surface area contributed by atoms with Crippen LogP contribution in [0.15, 0.2) is 0 Å². The van der Waals surface area contributed by atoms with Gasteiger partial charge in [-0.2, -0.15) is 13.2 Å². The second-order valence-electron chi connectivity index (χ2n) is 4.69. The topological polar surface area (TPSA) is 41.6 Å². The summed E-state index contributed by atoms with van der Waals surface area (Å²) in [7, 11) is 0. The zero-order valence-electron chi connectivity index (χ0n) is 10.6. The molecule has 1 aliphatic rings. The normalized spacial score (nSPS) is 25.3. The van der Waals surface area contributed by atoms with Gasteiger partial charge in [0.15, 0.2) is 0 Å². The Morgan fingerprint density at radius 1 is 1.33 bits per heavy atom. The minimum Gasteiger partial charge on any atom is -0.372 e. The van der Waals surface area contributed by atoms with E-state index in [1.807, 2.05) is 13.8 Å². The van der Waals surface area contributed by atoms with Crippen molar-refractivity contribution >= 4 is 5.91 Å². The minimum absolute atomic E-state index is 0.00444. The van der Waals surface area contributed by atoms with Crippen LogP contribution >= 0.6 is 0 Å². The lowest BCUT2D eigenvalue weighted by atomic mass is 10.1. The SMILES string of the molecule is CC1CN(C(=O)CCOCC(F)(F)F)CC(C)N1. The third kappa shape index (κ3) is 5.68. The van der Waals surface area contributed by atoms with Crippen LogP contribution in [0.1, 0.15) is 20.3 Å². The van der Waals surface area contributed by atoms with Crippen molar-refractivity contribution in [1.29, 1.82) is 0 Å². The Morgan fingerprint density at radius 2 is 1.89 bits per heavy atom. The number of rotatable bonds is 4. The Labute approximate surface area is 104 Å². The summed E-state index contributed by atoms with van der Waals surface area (Å²) in [5.74, 6) is -0.155. The average molecular weight is 268 g/mol. The molecule has 1 fully saturated rings. The second kappa shape index (κ2) is 6.38. The Balaban J connectivity index is 2.24. The molecule has 1 saturated heterocycles. The highest BCUT2D eigenvalue weighted by Crippen LogP contribution is 2.14. The third-order valence-corrected chi connectivity index (χ3v) is 2.64. The molecule has 0 saturated carbocycles. The lowest BCUT2D eigenvalue weighted by molar-refractivity contribution is -0.175. The van der Waals surface area contributed by atoms with Gasteiger partial charge in [0.1, 0.15) is 6.61 Å². The first-order valence-electron chi connectivity index (χ1n) is 5.96. The Kier molecular flexibility index (Phi) is 5.40. The van der Waals surface area contributed by atoms with E-state index in [2.05, 4.69) is 10.1 Å². The fourth-order valence-electron chi connectivity index (χ4n) is 2.04. The van der Waals surface area contributed by atoms with Gasteiger partial charge >= 0.3 is 6.18 Å². The predicted molar refractivity (Wildman–Crippen MR) is 60.1 cm³/mol. The highest BCUT2D eigenvalue weighted by atomic mass is 19.4. The summed E-state index contributed by atoms with van der Waals surface area (Å²) in [6.07, 6.45) is -4.34. The summed E-state index contributed by atoms with van der Waals surface area (Å²) >= 11 is 0. The van der Waals surface area contributed by atoms with Gasteiger partial charge in [0.05, 0.1) is 13.0 Å². The molecule has 0 bridgehead atoms. The van der Waals surface area contributed by atoms with Crippen LogP contribution in [0.5, 0.6) is 0 Å². The molecule has 0 spiro atoms. The van der Waals surface area contributed by atoms with E-state index >= 15 is 0 Å². The summed E-state index contributed by atoms with van der Waals surface area (Å²) in [6.45, 7) is 3.62. The number of amides is 1. The molecule has 1 heterocycles. The number of hydrogen-bond donors (Lipinski definition) is 1. The first-order chi connectivity index (χ1) is 8.28. The highest BCUT2D eigenvalue weighted by Gasteiger charge is 2.28. The number of ether oxygens (including phenoxy) is 1. The number of carbonyl (C=O) groups is 1. The highest BCUT2D eigenvalue weighted by molar-refractivity contribution is 5.76. The average Bonchev–Trinajstić information content (AvgIpc) is 2.21. The summed E-state index contributed by atoms with van der Waals surface area (Å²) in [6, 6.07) is 0.405. The molecule has 2 unspecified atom stereocenters. The van der Waals surface area contributed by atoms with Gasteiger partial charge in [0.2, 0.25) is 5.91 Å². The van der Waals surface area contributed by atoms with E-state index in [1.54, 1.807) is 4.90 Å². The van der Waals surface area contributed by atoms with E-state index in [-0.39, 0.29) is 31.0 Å². The molecule has 1 N–H and O–H groups in total. The number of piperazine rings is 1. The summed E-state index contributed by atoms with van der Waals surface area (Å²) in [4.78, 5) is 13.4. The lowest BCUT2D eigenvalue weighted by Crippen LogP contribution is -2.55. The van der Waals surface area contributed by atoms with Crippen molar-refractivity contribution in [2.45, 2.75) is 38.5 Å². The van der Waals surface area contributed by atoms with Crippen LogP contribution < -0.4 is 5.32 Å². The lowest BCUT2D eigenvalue weighted by Gasteiger charge is -2.36. The molecule has 2 atom stereocenters. The molecule has 0 radical (unpaired) electrons. The molecule has 7 heteroatoms. The van der Waals surface area contributed by atoms with Gasteiger partial charge in [-0.15, -0.1) is 0 Å². The van der Waals surface area contributed by atoms with Crippen molar-refractivity contribution in [3.63, 3.8) is 0 Å². The van der Waals surface area contributed by atoms with Crippen molar-refractivity contribution in [1.82, 2.24) is 10.2 Å². The molecule has 18 heavy (non-hydrogen) atoms. The quantitative estimate of drug-likeness (QED) is 0.778. The van der Waals surface area contributed by atoms with Crippen molar-refractivity contribution in [2.75, 3.05) is 26.3 Å². The Hall–Kier alpha value is -0.820. The third-order valence-electron chi connectivity index (χ3n) is 2.64. The van der Waals surface area contributed by atoms with Crippen molar-refractivity contribution < 1.29 is 22.7 Å². The summed E-state index contributed by atoms with van der Waals surface area (Å²) < 4.78 is 39.9. The first kappa shape index (κ1) is 15.2. The van der Waals surface area contributed by atoms with E-state index in [4.69, 9.17) is 0 Å². The number of nitrogens with zero attached hydrogens (tertiary/aromatic N) is 1. The first-order valence-corrected chi connectivity index (χ1v) is 5.96. The summed E-state index contributed by atoms with van der Waals surface area (Å²) in [5.41, 5.74) is 0. The number of halogens is 3. The Morgan fingerprint density at radius 3 is 2.39 bits per heavy atom. The molecule has 1 rings (SSSR count). The number of nitrogens with one attached hydrogen (secondary N) is 1. The fraction of sp³-hybridized carbons (Fsp3) is 0.909. The molecule has 1 aliphatic heterocycles. The van der Waals surface area contributed by atoms with Crippen molar-refractivity contribution in [3.8, 4) is 0 Å². The standard InChI is InChI=1S/C11H19F3N2O2/c1-8-5-16(6-9(2)15-8)10(17)3-4-18-7-11(12,13)14/h8-9,15H,3-7H2,1-2H3. The fourth-order valence-corrected chi connectivity index (χ4v) is 2.04. The van der Waals surface area contributed by atoms with E-state index in [9.17, 15) is 18.0 Å². The predicted octanol–water partition coefficient (Wildman–Crippen LogP) is 1.16. The van der Waals surface area contributed by atoms with Crippen LogP contribution in [0.3, 0.4) is 0 Å². The van der Waals surface area contributed by atoms with E-state index in [0.29, 0.717) is 13.1 Å². The molecule has 0 aromatic rings. The van der Waals surface area contributed by atoms with E-state index in [1.165, 1.54) is 0 Å². The number of hydrogen-bond acceptors (Lipinski definition) is 3. The Bertz CT molecular complexity index is 274. The maximum Gasteiger partial charge on any atom is 0.411 e. The molecule has 1 amide bonds. The smallest absolute Gasteiger partial charge is 0.372 e. The molecule has 0 aromatic carbocycles. The van der Waals surface area contributed by atoms with Gasteiger partial charge in [-0.05, 0) is 13.8 Å². The zero-order valence-corrected chi connectivity index (χ0v) is 10.6. The largest absolute Gasteiger partial charge is 0.411 e. The molecular formula is C11H19F3N2O2. The van der Waals surface area contributed by atoms with Crippen LogP contribution in [0.25, 0.3) is 0 Å². The second-order valence-corrected chi connectivity index (χ2v) is 4.69. The molecule has 106 valence electrons. The number of carbonyl (C=O) groups excluding carboxylic acids is 1. The van der Waals surface area contributed by atoms with Crippen LogP contribution in [-0.2, 0) is 9.53 Å². The van der Waals surface area contributed by atoms with Crippen LogP contribution in [-0.4, -0.2) is 55.4 Å². The molecular weight excluding hydrogens is 249 g/mol. The maximum atomic E-state index is 11.8.